The number of carbonyl (C=O) groups excluding carboxylic acids is 1. The van der Waals surface area contributed by atoms with Crippen LogP contribution >= 0.6 is 0 Å². The second-order valence-corrected chi connectivity index (χ2v) is 15.7. The van der Waals surface area contributed by atoms with Crippen molar-refractivity contribution < 1.29 is 52.2 Å². The Morgan fingerprint density at radius 1 is 0.565 bits per heavy atom. The Kier molecular flexibility index (Phi) is 23.8. The molecule has 17 heteroatoms. The predicted molar refractivity (Wildman–Crippen MR) is 232 cm³/mol. The number of carbonyl (C=O) groups is 1. The third kappa shape index (κ3) is 17.6. The topological polar surface area (TPSA) is 182 Å². The van der Waals surface area contributed by atoms with Gasteiger partial charge in [-0.2, -0.15) is 0 Å². The Hall–Kier alpha value is -3.52. The van der Waals surface area contributed by atoms with Crippen LogP contribution in [0.2, 0.25) is 0 Å². The van der Waals surface area contributed by atoms with E-state index in [9.17, 15) is 14.4 Å². The molecular weight excluding hydrogens is 805 g/mol. The highest BCUT2D eigenvalue weighted by atomic mass is 16.6. The van der Waals surface area contributed by atoms with Crippen molar-refractivity contribution in [3.63, 3.8) is 0 Å². The highest BCUT2D eigenvalue weighted by Crippen LogP contribution is 2.27. The Morgan fingerprint density at radius 3 is 1.40 bits per heavy atom. The van der Waals surface area contributed by atoms with Crippen LogP contribution in [0.4, 0.5) is 0 Å². The number of H-pyrrole nitrogens is 1. The number of benzene rings is 1. The largest absolute Gasteiger partial charge is 0.460 e. The van der Waals surface area contributed by atoms with Crippen LogP contribution in [0.5, 0.6) is 0 Å². The maximum absolute atomic E-state index is 13.9. The summed E-state index contributed by atoms with van der Waals surface area (Å²) in [6.45, 7) is 9.07. The number of hydrogen-bond acceptors (Lipinski definition) is 14. The van der Waals surface area contributed by atoms with Crippen LogP contribution in [0.15, 0.2) is 33.9 Å². The summed E-state index contributed by atoms with van der Waals surface area (Å²) in [5.74, 6) is 0.718. The van der Waals surface area contributed by atoms with Gasteiger partial charge in [0.05, 0.1) is 118 Å². The zero-order valence-corrected chi connectivity index (χ0v) is 36.8. The van der Waals surface area contributed by atoms with E-state index < -0.39 is 5.97 Å². The molecule has 0 amide bonds. The van der Waals surface area contributed by atoms with Crippen molar-refractivity contribution in [1.82, 2.24) is 19.1 Å². The van der Waals surface area contributed by atoms with Gasteiger partial charge in [-0.25, -0.2) is 14.6 Å². The molecule has 62 heavy (non-hydrogen) atoms. The van der Waals surface area contributed by atoms with Gasteiger partial charge in [0.2, 0.25) is 0 Å². The molecule has 2 heterocycles. The second kappa shape index (κ2) is 29.8. The second-order valence-electron chi connectivity index (χ2n) is 15.7. The summed E-state index contributed by atoms with van der Waals surface area (Å²) in [4.78, 5) is 48.5. The van der Waals surface area contributed by atoms with Crippen LogP contribution in [0.1, 0.15) is 74.6 Å². The quantitative estimate of drug-likeness (QED) is 0.0660. The summed E-state index contributed by atoms with van der Waals surface area (Å²) in [6, 6.07) is 6.87. The molecule has 17 nitrogen and oxygen atoms in total. The van der Waals surface area contributed by atoms with E-state index in [2.05, 4.69) is 4.98 Å². The summed E-state index contributed by atoms with van der Waals surface area (Å²) >= 11 is 0. The molecular formula is C45H70N4O13. The van der Waals surface area contributed by atoms with Gasteiger partial charge in [0.15, 0.2) is 5.65 Å². The lowest BCUT2D eigenvalue weighted by Gasteiger charge is -2.24. The van der Waals surface area contributed by atoms with Crippen LogP contribution in [0.25, 0.3) is 22.6 Å². The van der Waals surface area contributed by atoms with Crippen LogP contribution in [-0.4, -0.2) is 151 Å². The number of aromatic nitrogens is 4. The average Bonchev–Trinajstić information content (AvgIpc) is 3.75. The molecule has 0 unspecified atom stereocenters. The fourth-order valence-corrected chi connectivity index (χ4v) is 7.71. The molecule has 2 aliphatic carbocycles. The number of esters is 1. The summed E-state index contributed by atoms with van der Waals surface area (Å²) in [5.41, 5.74) is 1.25. The van der Waals surface area contributed by atoms with Crippen LogP contribution in [0.3, 0.4) is 0 Å². The van der Waals surface area contributed by atoms with Gasteiger partial charge in [0.1, 0.15) is 17.9 Å². The zero-order valence-electron chi connectivity index (χ0n) is 36.8. The maximum atomic E-state index is 13.9. The predicted octanol–water partition coefficient (Wildman–Crippen LogP) is 4.65. The molecule has 348 valence electrons. The van der Waals surface area contributed by atoms with Gasteiger partial charge in [0, 0.05) is 25.8 Å². The molecule has 0 saturated heterocycles. The van der Waals surface area contributed by atoms with E-state index in [0.29, 0.717) is 159 Å². The minimum atomic E-state index is -0.471. The van der Waals surface area contributed by atoms with E-state index in [4.69, 9.17) is 52.4 Å². The standard InChI is InChI=1S/C45H70N4O13/c1-53-16-17-54-18-19-55-20-21-56-22-23-57-24-25-58-26-27-59-28-29-60-30-31-61-32-33-62-44(51)39-14-12-38(13-15-39)41-46-40-42(47-41)48(34-36-8-4-2-5-9-36)45(52)49(43(40)50)35-37-10-6-3-7-11-37/h12-15,36-37H,2-11,16-35H2,1H3,(H,46,47). The van der Waals surface area contributed by atoms with Gasteiger partial charge >= 0.3 is 11.7 Å². The van der Waals surface area contributed by atoms with Gasteiger partial charge < -0.3 is 52.4 Å². The number of methoxy groups -OCH3 is 1. The van der Waals surface area contributed by atoms with E-state index in [1.807, 2.05) is 0 Å². The van der Waals surface area contributed by atoms with E-state index in [1.165, 1.54) is 17.4 Å². The van der Waals surface area contributed by atoms with Gasteiger partial charge in [-0.15, -0.1) is 0 Å². The van der Waals surface area contributed by atoms with Crippen LogP contribution < -0.4 is 11.2 Å². The van der Waals surface area contributed by atoms with Crippen molar-refractivity contribution in [2.45, 2.75) is 77.3 Å². The van der Waals surface area contributed by atoms with Crippen LogP contribution in [-0.2, 0) is 60.5 Å². The smallest absolute Gasteiger partial charge is 0.338 e. The average molecular weight is 875 g/mol. The highest BCUT2D eigenvalue weighted by molar-refractivity contribution is 5.90. The lowest BCUT2D eigenvalue weighted by molar-refractivity contribution is -0.0253. The SMILES string of the molecule is COCCOCCOCCOCCOCCOCCOCCOCCOCCOC(=O)c1ccc(-c2nc3c([nH]2)c(=O)n(CC2CCCCC2)c(=O)n3CC2CCCCC2)cc1. The number of hydrogen-bond donors (Lipinski definition) is 1. The van der Waals surface area contributed by atoms with E-state index in [-0.39, 0.29) is 24.5 Å². The fourth-order valence-electron chi connectivity index (χ4n) is 7.71. The first-order valence-corrected chi connectivity index (χ1v) is 22.7. The van der Waals surface area contributed by atoms with Crippen molar-refractivity contribution in [2.75, 3.05) is 126 Å². The molecule has 1 N–H and O–H groups in total. The van der Waals surface area contributed by atoms with Gasteiger partial charge in [-0.05, 0) is 49.7 Å². The first-order chi connectivity index (χ1) is 30.5. The summed E-state index contributed by atoms with van der Waals surface area (Å²) in [7, 11) is 1.64. The lowest BCUT2D eigenvalue weighted by atomic mass is 9.89. The third-order valence-corrected chi connectivity index (χ3v) is 11.1. The normalized spacial score (nSPS) is 15.2. The van der Waals surface area contributed by atoms with Crippen molar-refractivity contribution in [3.8, 4) is 11.4 Å². The Morgan fingerprint density at radius 2 is 0.968 bits per heavy atom. The Labute approximate surface area is 364 Å². The Balaban J connectivity index is 0.896. The number of aromatic amines is 1. The lowest BCUT2D eigenvalue weighted by Crippen LogP contribution is -2.42. The molecule has 1 aromatic carbocycles. The van der Waals surface area contributed by atoms with E-state index >= 15 is 0 Å². The minimum absolute atomic E-state index is 0.0975. The summed E-state index contributed by atoms with van der Waals surface area (Å²) in [6.07, 6.45) is 11.2. The molecule has 0 radical (unpaired) electrons. The van der Waals surface area contributed by atoms with Gasteiger partial charge in [-0.3, -0.25) is 13.9 Å². The number of nitrogens with one attached hydrogen (secondary N) is 1. The number of fused-ring (bicyclic) bond motifs is 1. The first kappa shape index (κ1) is 49.5. The van der Waals surface area contributed by atoms with Crippen molar-refractivity contribution >= 4 is 17.1 Å². The molecule has 5 rings (SSSR count). The zero-order chi connectivity index (χ0) is 43.5. The van der Waals surface area contributed by atoms with Crippen molar-refractivity contribution in [1.29, 1.82) is 0 Å². The number of imidazole rings is 1. The van der Waals surface area contributed by atoms with Gasteiger partial charge in [-0.1, -0.05) is 50.7 Å². The van der Waals surface area contributed by atoms with Crippen molar-refractivity contribution in [2.24, 2.45) is 11.8 Å². The summed E-state index contributed by atoms with van der Waals surface area (Å²) < 4.78 is 57.2. The number of nitrogens with zero attached hydrogens (tertiary/aromatic N) is 3. The molecule has 2 aliphatic rings. The maximum Gasteiger partial charge on any atom is 0.338 e. The summed E-state index contributed by atoms with van der Waals surface area (Å²) in [5, 5.41) is 0. The van der Waals surface area contributed by atoms with Gasteiger partial charge in [0.25, 0.3) is 5.56 Å². The molecule has 2 saturated carbocycles. The molecule has 2 fully saturated rings. The first-order valence-electron chi connectivity index (χ1n) is 22.7. The minimum Gasteiger partial charge on any atom is -0.460 e. The molecule has 0 spiro atoms. The third-order valence-electron chi connectivity index (χ3n) is 11.1. The van der Waals surface area contributed by atoms with E-state index in [1.54, 1.807) is 35.9 Å². The molecule has 0 atom stereocenters. The molecule has 2 aromatic heterocycles. The molecule has 0 bridgehead atoms. The van der Waals surface area contributed by atoms with Crippen molar-refractivity contribution in [3.05, 3.63) is 50.7 Å². The number of ether oxygens (including phenoxy) is 10. The highest BCUT2D eigenvalue weighted by Gasteiger charge is 2.24. The van der Waals surface area contributed by atoms with Crippen LogP contribution in [0, 0.1) is 11.8 Å². The monoisotopic (exact) mass is 874 g/mol. The number of rotatable bonds is 33. The Bertz CT molecular complexity index is 1780. The molecule has 0 aliphatic heterocycles. The fraction of sp³-hybridized carbons (Fsp3) is 0.733. The molecule has 3 aromatic rings. The van der Waals surface area contributed by atoms with E-state index in [0.717, 1.165) is 51.4 Å².